The summed E-state index contributed by atoms with van der Waals surface area (Å²) < 4.78 is 0. The van der Waals surface area contributed by atoms with Crippen molar-refractivity contribution in [2.45, 2.75) is 27.3 Å². The topological polar surface area (TPSA) is 49.4 Å². The first-order valence-electron chi connectivity index (χ1n) is 7.63. The number of amides is 2. The Kier molecular flexibility index (Phi) is 5.52. The highest BCUT2D eigenvalue weighted by Gasteiger charge is 2.15. The summed E-state index contributed by atoms with van der Waals surface area (Å²) in [6.45, 7) is 5.94. The van der Waals surface area contributed by atoms with Gasteiger partial charge in [0.05, 0.1) is 0 Å². The highest BCUT2D eigenvalue weighted by Crippen LogP contribution is 2.15. The molecule has 0 atom stereocenters. The van der Waals surface area contributed by atoms with Gasteiger partial charge in [-0.15, -0.1) is 0 Å². The van der Waals surface area contributed by atoms with Crippen molar-refractivity contribution in [2.24, 2.45) is 0 Å². The lowest BCUT2D eigenvalue weighted by Crippen LogP contribution is -2.39. The van der Waals surface area contributed by atoms with Crippen LogP contribution in [0.25, 0.3) is 0 Å². The summed E-state index contributed by atoms with van der Waals surface area (Å²) >= 11 is 0. The third-order valence-corrected chi connectivity index (χ3v) is 3.76. The molecule has 1 N–H and O–H groups in total. The molecular weight excluding hydrogens is 288 g/mol. The molecule has 4 nitrogen and oxygen atoms in total. The molecule has 2 amide bonds. The maximum Gasteiger partial charge on any atom is 0.240 e. The molecule has 0 saturated carbocycles. The van der Waals surface area contributed by atoms with Gasteiger partial charge in [0.1, 0.15) is 6.54 Å². The number of nitrogens with zero attached hydrogens (tertiary/aromatic N) is 1. The van der Waals surface area contributed by atoms with E-state index in [1.165, 1.54) is 11.8 Å². The molecule has 120 valence electrons. The van der Waals surface area contributed by atoms with Gasteiger partial charge in [-0.1, -0.05) is 42.0 Å². The standard InChI is InChI=1S/C19H22N2O2/c1-14-8-10-18(11-9-14)21(16(3)22)13-19(23)20-12-17-7-5-4-6-15(17)2/h4-11H,12-13H2,1-3H3,(H,20,23). The molecule has 0 fully saturated rings. The second-order valence-corrected chi connectivity index (χ2v) is 5.64. The number of carbonyl (C=O) groups is 2. The summed E-state index contributed by atoms with van der Waals surface area (Å²) in [5.41, 5.74) is 4.05. The molecule has 0 aliphatic heterocycles. The Hall–Kier alpha value is -2.62. The molecule has 0 aliphatic rings. The van der Waals surface area contributed by atoms with Gasteiger partial charge >= 0.3 is 0 Å². The molecule has 0 radical (unpaired) electrons. The largest absolute Gasteiger partial charge is 0.350 e. The van der Waals surface area contributed by atoms with Crippen molar-refractivity contribution in [1.29, 1.82) is 0 Å². The molecule has 4 heteroatoms. The Morgan fingerprint density at radius 1 is 1.00 bits per heavy atom. The molecular formula is C19H22N2O2. The van der Waals surface area contributed by atoms with Crippen LogP contribution < -0.4 is 10.2 Å². The maximum atomic E-state index is 12.2. The molecule has 2 aromatic carbocycles. The van der Waals surface area contributed by atoms with E-state index in [2.05, 4.69) is 5.32 Å². The average molecular weight is 310 g/mol. The van der Waals surface area contributed by atoms with Crippen molar-refractivity contribution >= 4 is 17.5 Å². The number of hydrogen-bond acceptors (Lipinski definition) is 2. The molecule has 0 aromatic heterocycles. The van der Waals surface area contributed by atoms with Gasteiger partial charge < -0.3 is 10.2 Å². The maximum absolute atomic E-state index is 12.2. The van der Waals surface area contributed by atoms with Crippen LogP contribution in [0.4, 0.5) is 5.69 Å². The predicted molar refractivity (Wildman–Crippen MR) is 92.2 cm³/mol. The van der Waals surface area contributed by atoms with Crippen molar-refractivity contribution in [3.05, 3.63) is 65.2 Å². The molecule has 0 spiro atoms. The van der Waals surface area contributed by atoms with Crippen molar-refractivity contribution in [1.82, 2.24) is 5.32 Å². The molecule has 0 aliphatic carbocycles. The summed E-state index contributed by atoms with van der Waals surface area (Å²) in [5.74, 6) is -0.330. The number of benzene rings is 2. The van der Waals surface area contributed by atoms with Crippen molar-refractivity contribution in [3.63, 3.8) is 0 Å². The van der Waals surface area contributed by atoms with E-state index in [-0.39, 0.29) is 18.4 Å². The van der Waals surface area contributed by atoms with Crippen molar-refractivity contribution < 1.29 is 9.59 Å². The van der Waals surface area contributed by atoms with Gasteiger partial charge in [-0.05, 0) is 37.1 Å². The molecule has 0 unspecified atom stereocenters. The zero-order valence-corrected chi connectivity index (χ0v) is 13.8. The van der Waals surface area contributed by atoms with E-state index in [4.69, 9.17) is 0 Å². The number of hydrogen-bond donors (Lipinski definition) is 1. The lowest BCUT2D eigenvalue weighted by atomic mass is 10.1. The smallest absolute Gasteiger partial charge is 0.240 e. The van der Waals surface area contributed by atoms with E-state index < -0.39 is 0 Å². The Balaban J connectivity index is 2.00. The van der Waals surface area contributed by atoms with E-state index in [0.29, 0.717) is 6.54 Å². The zero-order chi connectivity index (χ0) is 16.8. The second-order valence-electron chi connectivity index (χ2n) is 5.64. The zero-order valence-electron chi connectivity index (χ0n) is 13.8. The monoisotopic (exact) mass is 310 g/mol. The Morgan fingerprint density at radius 2 is 1.65 bits per heavy atom. The quantitative estimate of drug-likeness (QED) is 0.923. The SMILES string of the molecule is CC(=O)N(CC(=O)NCc1ccccc1C)c1ccc(C)cc1. The van der Waals surface area contributed by atoms with Gasteiger partial charge in [-0.25, -0.2) is 0 Å². The minimum absolute atomic E-state index is 0.0181. The van der Waals surface area contributed by atoms with Crippen LogP contribution in [0.2, 0.25) is 0 Å². The number of nitrogens with one attached hydrogen (secondary N) is 1. The average Bonchev–Trinajstić information content (AvgIpc) is 2.52. The van der Waals surface area contributed by atoms with Gasteiger partial charge in [-0.3, -0.25) is 9.59 Å². The number of carbonyl (C=O) groups excluding carboxylic acids is 2. The molecule has 23 heavy (non-hydrogen) atoms. The van der Waals surface area contributed by atoms with Gasteiger partial charge in [0.15, 0.2) is 0 Å². The van der Waals surface area contributed by atoms with E-state index in [0.717, 1.165) is 22.4 Å². The molecule has 0 saturated heterocycles. The van der Waals surface area contributed by atoms with Crippen LogP contribution in [0.5, 0.6) is 0 Å². The van der Waals surface area contributed by atoms with Crippen molar-refractivity contribution in [3.8, 4) is 0 Å². The van der Waals surface area contributed by atoms with Crippen LogP contribution in [0, 0.1) is 13.8 Å². The first kappa shape index (κ1) is 16.7. The van der Waals surface area contributed by atoms with E-state index in [9.17, 15) is 9.59 Å². The van der Waals surface area contributed by atoms with E-state index >= 15 is 0 Å². The Labute approximate surface area is 137 Å². The molecule has 2 rings (SSSR count). The number of anilines is 1. The Morgan fingerprint density at radius 3 is 2.26 bits per heavy atom. The van der Waals surface area contributed by atoms with Gasteiger partial charge in [0, 0.05) is 19.2 Å². The third-order valence-electron chi connectivity index (χ3n) is 3.76. The van der Waals surface area contributed by atoms with Gasteiger partial charge in [0.2, 0.25) is 11.8 Å². The van der Waals surface area contributed by atoms with Crippen LogP contribution >= 0.6 is 0 Å². The molecule has 2 aromatic rings. The van der Waals surface area contributed by atoms with Crippen LogP contribution in [0.3, 0.4) is 0 Å². The number of aryl methyl sites for hydroxylation is 2. The second kappa shape index (κ2) is 7.58. The predicted octanol–water partition coefficient (Wildman–Crippen LogP) is 2.97. The summed E-state index contributed by atoms with van der Waals surface area (Å²) in [4.78, 5) is 25.5. The lowest BCUT2D eigenvalue weighted by Gasteiger charge is -2.21. The third kappa shape index (κ3) is 4.68. The van der Waals surface area contributed by atoms with Crippen LogP contribution in [0.15, 0.2) is 48.5 Å². The molecule has 0 bridgehead atoms. The highest BCUT2D eigenvalue weighted by atomic mass is 16.2. The van der Waals surface area contributed by atoms with Gasteiger partial charge in [0.25, 0.3) is 0 Å². The fraction of sp³-hybridized carbons (Fsp3) is 0.263. The minimum Gasteiger partial charge on any atom is -0.350 e. The number of rotatable bonds is 5. The van der Waals surface area contributed by atoms with Crippen LogP contribution in [-0.4, -0.2) is 18.4 Å². The summed E-state index contributed by atoms with van der Waals surface area (Å²) in [6.07, 6.45) is 0. The summed E-state index contributed by atoms with van der Waals surface area (Å²) in [5, 5.41) is 2.87. The lowest BCUT2D eigenvalue weighted by molar-refractivity contribution is -0.123. The molecule has 0 heterocycles. The highest BCUT2D eigenvalue weighted by molar-refractivity contribution is 5.97. The normalized spacial score (nSPS) is 10.2. The van der Waals surface area contributed by atoms with Crippen LogP contribution in [-0.2, 0) is 16.1 Å². The summed E-state index contributed by atoms with van der Waals surface area (Å²) in [6, 6.07) is 15.5. The Bertz CT molecular complexity index is 693. The van der Waals surface area contributed by atoms with Crippen molar-refractivity contribution in [2.75, 3.05) is 11.4 Å². The van der Waals surface area contributed by atoms with E-state index in [1.807, 2.05) is 62.4 Å². The minimum atomic E-state index is -0.177. The first-order valence-corrected chi connectivity index (χ1v) is 7.63. The van der Waals surface area contributed by atoms with Gasteiger partial charge in [-0.2, -0.15) is 0 Å². The summed E-state index contributed by atoms with van der Waals surface area (Å²) in [7, 11) is 0. The fourth-order valence-electron chi connectivity index (χ4n) is 2.31. The van der Waals surface area contributed by atoms with E-state index in [1.54, 1.807) is 0 Å². The van der Waals surface area contributed by atoms with Crippen LogP contribution in [0.1, 0.15) is 23.6 Å². The first-order chi connectivity index (χ1) is 11.0. The fourth-order valence-corrected chi connectivity index (χ4v) is 2.31.